The lowest BCUT2D eigenvalue weighted by Gasteiger charge is -2.32. The van der Waals surface area contributed by atoms with Crippen LogP contribution in [0, 0.1) is 19.8 Å². The molecule has 3 nitrogen and oxygen atoms in total. The molecular formula is C18H33N3. The quantitative estimate of drug-likeness (QED) is 0.883. The first-order chi connectivity index (χ1) is 9.83. The Morgan fingerprint density at radius 3 is 2.48 bits per heavy atom. The molecule has 1 heterocycles. The zero-order chi connectivity index (χ0) is 15.6. The lowest BCUT2D eigenvalue weighted by atomic mass is 9.83. The Labute approximate surface area is 130 Å². The summed E-state index contributed by atoms with van der Waals surface area (Å²) in [6.07, 6.45) is 6.70. The van der Waals surface area contributed by atoms with Gasteiger partial charge in [0.15, 0.2) is 0 Å². The Hall–Kier alpha value is -0.830. The van der Waals surface area contributed by atoms with Gasteiger partial charge >= 0.3 is 0 Å². The molecule has 2 atom stereocenters. The number of hydrogen-bond acceptors (Lipinski definition) is 2. The Kier molecular flexibility index (Phi) is 5.13. The SMILES string of the molecule is CCC1CCCCC1n1nc(C)c(CNC(C)(C)C)c1C. The average molecular weight is 291 g/mol. The van der Waals surface area contributed by atoms with Crippen molar-refractivity contribution in [1.29, 1.82) is 0 Å². The van der Waals surface area contributed by atoms with E-state index in [1.165, 1.54) is 49.1 Å². The minimum Gasteiger partial charge on any atom is -0.308 e. The third-order valence-corrected chi connectivity index (χ3v) is 4.98. The van der Waals surface area contributed by atoms with Gasteiger partial charge in [0.05, 0.1) is 11.7 Å². The Morgan fingerprint density at radius 2 is 1.86 bits per heavy atom. The molecule has 0 saturated heterocycles. The molecule has 1 aromatic heterocycles. The summed E-state index contributed by atoms with van der Waals surface area (Å²) < 4.78 is 2.35. The van der Waals surface area contributed by atoms with Crippen LogP contribution in [-0.4, -0.2) is 15.3 Å². The normalized spacial score (nSPS) is 23.5. The molecule has 0 aromatic carbocycles. The molecule has 0 amide bonds. The fourth-order valence-electron chi connectivity index (χ4n) is 3.62. The van der Waals surface area contributed by atoms with Crippen molar-refractivity contribution in [2.75, 3.05) is 0 Å². The predicted molar refractivity (Wildman–Crippen MR) is 89.6 cm³/mol. The third kappa shape index (κ3) is 3.88. The standard InChI is InChI=1S/C18H33N3/c1-7-15-10-8-9-11-17(15)21-14(3)16(13(2)20-21)12-19-18(4,5)6/h15,17,19H,7-12H2,1-6H3. The maximum atomic E-state index is 4.91. The van der Waals surface area contributed by atoms with E-state index in [2.05, 4.69) is 51.5 Å². The maximum Gasteiger partial charge on any atom is 0.0641 e. The molecule has 3 heteroatoms. The van der Waals surface area contributed by atoms with Crippen molar-refractivity contribution in [3.05, 3.63) is 17.0 Å². The van der Waals surface area contributed by atoms with Crippen molar-refractivity contribution in [3.63, 3.8) is 0 Å². The van der Waals surface area contributed by atoms with Gasteiger partial charge in [-0.3, -0.25) is 4.68 Å². The predicted octanol–water partition coefficient (Wildman–Crippen LogP) is 4.53. The fraction of sp³-hybridized carbons (Fsp3) is 0.833. The van der Waals surface area contributed by atoms with E-state index >= 15 is 0 Å². The van der Waals surface area contributed by atoms with Crippen LogP contribution in [0.2, 0.25) is 0 Å². The molecule has 1 fully saturated rings. The highest BCUT2D eigenvalue weighted by atomic mass is 15.3. The van der Waals surface area contributed by atoms with Crippen molar-refractivity contribution in [1.82, 2.24) is 15.1 Å². The molecule has 2 unspecified atom stereocenters. The second-order valence-electron chi connectivity index (χ2n) is 7.72. The van der Waals surface area contributed by atoms with Gasteiger partial charge in [0.2, 0.25) is 0 Å². The number of aryl methyl sites for hydroxylation is 1. The zero-order valence-electron chi connectivity index (χ0n) is 14.8. The maximum absolute atomic E-state index is 4.91. The van der Waals surface area contributed by atoms with Gasteiger partial charge in [-0.1, -0.05) is 26.2 Å². The van der Waals surface area contributed by atoms with E-state index in [9.17, 15) is 0 Å². The Balaban J connectivity index is 2.21. The van der Waals surface area contributed by atoms with Gasteiger partial charge in [0.25, 0.3) is 0 Å². The van der Waals surface area contributed by atoms with Crippen LogP contribution in [0.25, 0.3) is 0 Å². The molecule has 120 valence electrons. The molecule has 0 bridgehead atoms. The first kappa shape index (κ1) is 16.5. The monoisotopic (exact) mass is 291 g/mol. The van der Waals surface area contributed by atoms with Crippen LogP contribution in [0.1, 0.15) is 82.8 Å². The summed E-state index contributed by atoms with van der Waals surface area (Å²) in [4.78, 5) is 0. The molecule has 0 spiro atoms. The number of nitrogens with zero attached hydrogens (tertiary/aromatic N) is 2. The smallest absolute Gasteiger partial charge is 0.0641 e. The van der Waals surface area contributed by atoms with Crippen molar-refractivity contribution >= 4 is 0 Å². The molecule has 1 aliphatic carbocycles. The number of nitrogens with one attached hydrogen (secondary N) is 1. The van der Waals surface area contributed by atoms with Gasteiger partial charge < -0.3 is 5.32 Å². The van der Waals surface area contributed by atoms with E-state index in [1.807, 2.05) is 0 Å². The molecule has 2 rings (SSSR count). The summed E-state index contributed by atoms with van der Waals surface area (Å²) >= 11 is 0. The number of rotatable bonds is 4. The third-order valence-electron chi connectivity index (χ3n) is 4.98. The van der Waals surface area contributed by atoms with Gasteiger partial charge in [0.1, 0.15) is 0 Å². The van der Waals surface area contributed by atoms with Crippen molar-refractivity contribution in [2.24, 2.45) is 5.92 Å². The van der Waals surface area contributed by atoms with Crippen LogP contribution in [0.15, 0.2) is 0 Å². The van der Waals surface area contributed by atoms with Crippen molar-refractivity contribution in [3.8, 4) is 0 Å². The van der Waals surface area contributed by atoms with Gasteiger partial charge in [-0.15, -0.1) is 0 Å². The second kappa shape index (κ2) is 6.51. The molecular weight excluding hydrogens is 258 g/mol. The largest absolute Gasteiger partial charge is 0.308 e. The van der Waals surface area contributed by atoms with Crippen molar-refractivity contribution < 1.29 is 0 Å². The summed E-state index contributed by atoms with van der Waals surface area (Å²) in [5.74, 6) is 0.806. The van der Waals surface area contributed by atoms with Gasteiger partial charge in [-0.25, -0.2) is 0 Å². The highest BCUT2D eigenvalue weighted by Crippen LogP contribution is 2.37. The summed E-state index contributed by atoms with van der Waals surface area (Å²) in [5, 5.41) is 8.52. The number of aromatic nitrogens is 2. The topological polar surface area (TPSA) is 29.9 Å². The average Bonchev–Trinajstić information content (AvgIpc) is 2.70. The lowest BCUT2D eigenvalue weighted by molar-refractivity contribution is 0.214. The summed E-state index contributed by atoms with van der Waals surface area (Å²) in [5.41, 5.74) is 4.11. The van der Waals surface area contributed by atoms with Gasteiger partial charge in [-0.2, -0.15) is 5.10 Å². The van der Waals surface area contributed by atoms with E-state index in [1.54, 1.807) is 0 Å². The molecule has 21 heavy (non-hydrogen) atoms. The van der Waals surface area contributed by atoms with E-state index in [-0.39, 0.29) is 5.54 Å². The number of hydrogen-bond donors (Lipinski definition) is 1. The van der Waals surface area contributed by atoms with E-state index in [0.717, 1.165) is 12.5 Å². The fourth-order valence-corrected chi connectivity index (χ4v) is 3.62. The minimum atomic E-state index is 0.151. The summed E-state index contributed by atoms with van der Waals surface area (Å²) in [6.45, 7) is 14.3. The Morgan fingerprint density at radius 1 is 1.19 bits per heavy atom. The highest BCUT2D eigenvalue weighted by Gasteiger charge is 2.28. The van der Waals surface area contributed by atoms with Crippen LogP contribution in [0.5, 0.6) is 0 Å². The minimum absolute atomic E-state index is 0.151. The second-order valence-corrected chi connectivity index (χ2v) is 7.72. The summed E-state index contributed by atoms with van der Waals surface area (Å²) in [6, 6.07) is 0.617. The van der Waals surface area contributed by atoms with Crippen LogP contribution in [0.4, 0.5) is 0 Å². The first-order valence-electron chi connectivity index (χ1n) is 8.63. The first-order valence-corrected chi connectivity index (χ1v) is 8.63. The van der Waals surface area contributed by atoms with Gasteiger partial charge in [-0.05, 0) is 53.4 Å². The Bertz CT molecular complexity index is 468. The molecule has 1 aliphatic rings. The molecule has 1 aromatic rings. The van der Waals surface area contributed by atoms with E-state index in [4.69, 9.17) is 5.10 Å². The molecule has 1 N–H and O–H groups in total. The van der Waals surface area contributed by atoms with Crippen molar-refractivity contribution in [2.45, 2.75) is 91.8 Å². The van der Waals surface area contributed by atoms with Gasteiger partial charge in [0, 0.05) is 23.3 Å². The molecule has 0 aliphatic heterocycles. The van der Waals surface area contributed by atoms with Crippen LogP contribution in [-0.2, 0) is 6.54 Å². The van der Waals surface area contributed by atoms with E-state index < -0.39 is 0 Å². The van der Waals surface area contributed by atoms with Crippen LogP contribution < -0.4 is 5.32 Å². The molecule has 1 saturated carbocycles. The molecule has 0 radical (unpaired) electrons. The summed E-state index contributed by atoms with van der Waals surface area (Å²) in [7, 11) is 0. The highest BCUT2D eigenvalue weighted by molar-refractivity contribution is 5.25. The lowest BCUT2D eigenvalue weighted by Crippen LogP contribution is -2.35. The zero-order valence-corrected chi connectivity index (χ0v) is 14.8. The van der Waals surface area contributed by atoms with E-state index in [0.29, 0.717) is 6.04 Å². The van der Waals surface area contributed by atoms with Crippen LogP contribution >= 0.6 is 0 Å². The van der Waals surface area contributed by atoms with Crippen LogP contribution in [0.3, 0.4) is 0 Å².